The smallest absolute Gasteiger partial charge is 0.308 e. The van der Waals surface area contributed by atoms with E-state index in [0.717, 1.165) is 17.0 Å². The minimum absolute atomic E-state index is 0.350. The van der Waals surface area contributed by atoms with Gasteiger partial charge in [-0.3, -0.25) is 9.89 Å². The van der Waals surface area contributed by atoms with Crippen molar-refractivity contribution in [2.75, 3.05) is 0 Å². The Morgan fingerprint density at radius 1 is 1.24 bits per heavy atom. The van der Waals surface area contributed by atoms with E-state index in [0.29, 0.717) is 16.9 Å². The van der Waals surface area contributed by atoms with Crippen LogP contribution in [-0.2, 0) is 11.2 Å². The van der Waals surface area contributed by atoms with Gasteiger partial charge in [0.1, 0.15) is 5.75 Å². The van der Waals surface area contributed by atoms with Crippen molar-refractivity contribution in [1.82, 2.24) is 14.9 Å². The van der Waals surface area contributed by atoms with Crippen LogP contribution in [0.5, 0.6) is 5.75 Å². The molecule has 3 aromatic rings. The van der Waals surface area contributed by atoms with Gasteiger partial charge in [0.2, 0.25) is 4.77 Å². The van der Waals surface area contributed by atoms with E-state index in [4.69, 9.17) is 17.0 Å². The highest BCUT2D eigenvalue weighted by molar-refractivity contribution is 7.71. The molecule has 0 unspecified atom stereocenters. The summed E-state index contributed by atoms with van der Waals surface area (Å²) < 4.78 is 7.03. The lowest BCUT2D eigenvalue weighted by molar-refractivity contribution is -0.131. The Balaban J connectivity index is 1.78. The van der Waals surface area contributed by atoms with E-state index in [9.17, 15) is 4.79 Å². The molecule has 0 amide bonds. The van der Waals surface area contributed by atoms with Gasteiger partial charge < -0.3 is 4.74 Å². The van der Waals surface area contributed by atoms with Gasteiger partial charge in [-0.25, -0.2) is 0 Å². The summed E-state index contributed by atoms with van der Waals surface area (Å²) in [7, 11) is 0. The second-order valence-corrected chi connectivity index (χ2v) is 5.71. The SMILES string of the molecule is CC(=O)Oc1ccc(/C=N\n2c(Cc3ccccc3)n[nH]c2=S)cc1. The maximum Gasteiger partial charge on any atom is 0.308 e. The first kappa shape index (κ1) is 16.8. The van der Waals surface area contributed by atoms with E-state index in [1.165, 1.54) is 6.92 Å². The van der Waals surface area contributed by atoms with Crippen LogP contribution in [0.25, 0.3) is 0 Å². The molecule has 0 spiro atoms. The minimum atomic E-state index is -0.350. The molecule has 0 saturated carbocycles. The summed E-state index contributed by atoms with van der Waals surface area (Å²) in [4.78, 5) is 10.9. The molecular weight excluding hydrogens is 336 g/mol. The molecule has 1 aromatic heterocycles. The first-order chi connectivity index (χ1) is 12.1. The summed E-state index contributed by atoms with van der Waals surface area (Å²) in [6.07, 6.45) is 2.30. The van der Waals surface area contributed by atoms with Gasteiger partial charge in [-0.2, -0.15) is 14.9 Å². The van der Waals surface area contributed by atoms with E-state index < -0.39 is 0 Å². The van der Waals surface area contributed by atoms with Crippen molar-refractivity contribution in [2.45, 2.75) is 13.3 Å². The van der Waals surface area contributed by atoms with Crippen molar-refractivity contribution in [2.24, 2.45) is 5.10 Å². The number of rotatable bonds is 5. The molecule has 2 aromatic carbocycles. The van der Waals surface area contributed by atoms with Crippen molar-refractivity contribution in [3.8, 4) is 5.75 Å². The number of hydrogen-bond donors (Lipinski definition) is 1. The number of carbonyl (C=O) groups is 1. The Morgan fingerprint density at radius 3 is 2.64 bits per heavy atom. The zero-order chi connectivity index (χ0) is 17.6. The van der Waals surface area contributed by atoms with Crippen LogP contribution >= 0.6 is 12.2 Å². The Morgan fingerprint density at radius 2 is 1.96 bits per heavy atom. The van der Waals surface area contributed by atoms with Crippen molar-refractivity contribution in [1.29, 1.82) is 0 Å². The lowest BCUT2D eigenvalue weighted by atomic mass is 10.1. The summed E-state index contributed by atoms with van der Waals surface area (Å²) in [5.74, 6) is 0.870. The number of benzene rings is 2. The Labute approximate surface area is 149 Å². The molecule has 0 atom stereocenters. The predicted octanol–water partition coefficient (Wildman–Crippen LogP) is 3.34. The molecule has 0 saturated heterocycles. The molecule has 7 heteroatoms. The number of aromatic amines is 1. The highest BCUT2D eigenvalue weighted by Crippen LogP contribution is 2.12. The van der Waals surface area contributed by atoms with Crippen LogP contribution in [0.1, 0.15) is 23.9 Å². The van der Waals surface area contributed by atoms with Gasteiger partial charge in [-0.1, -0.05) is 30.3 Å². The number of aromatic nitrogens is 3. The number of nitrogens with one attached hydrogen (secondary N) is 1. The molecule has 0 radical (unpaired) electrons. The molecule has 126 valence electrons. The number of H-pyrrole nitrogens is 1. The standard InChI is InChI=1S/C18H16N4O2S/c1-13(23)24-16-9-7-15(8-10-16)12-19-22-17(20-21-18(22)25)11-14-5-3-2-4-6-14/h2-10,12H,11H2,1H3,(H,21,25)/b19-12-. The first-order valence-electron chi connectivity index (χ1n) is 7.65. The Hall–Kier alpha value is -3.06. The van der Waals surface area contributed by atoms with E-state index in [1.54, 1.807) is 23.0 Å². The van der Waals surface area contributed by atoms with Crippen LogP contribution in [0.3, 0.4) is 0 Å². The first-order valence-corrected chi connectivity index (χ1v) is 8.06. The minimum Gasteiger partial charge on any atom is -0.427 e. The summed E-state index contributed by atoms with van der Waals surface area (Å²) >= 11 is 5.25. The average Bonchev–Trinajstić information content (AvgIpc) is 2.94. The van der Waals surface area contributed by atoms with Crippen molar-refractivity contribution < 1.29 is 9.53 Å². The molecule has 1 heterocycles. The molecule has 0 aliphatic rings. The number of ether oxygens (including phenoxy) is 1. The summed E-state index contributed by atoms with van der Waals surface area (Å²) in [5, 5.41) is 11.4. The van der Waals surface area contributed by atoms with Gasteiger partial charge in [-0.05, 0) is 47.6 Å². The van der Waals surface area contributed by atoms with Crippen molar-refractivity contribution >= 4 is 24.4 Å². The average molecular weight is 352 g/mol. The Kier molecular flexibility index (Phi) is 5.15. The normalized spacial score (nSPS) is 10.9. The molecule has 0 aliphatic heterocycles. The molecule has 3 rings (SSSR count). The highest BCUT2D eigenvalue weighted by atomic mass is 32.1. The number of esters is 1. The van der Waals surface area contributed by atoms with Gasteiger partial charge in [0.25, 0.3) is 0 Å². The van der Waals surface area contributed by atoms with E-state index in [2.05, 4.69) is 15.3 Å². The van der Waals surface area contributed by atoms with Crippen molar-refractivity contribution in [3.63, 3.8) is 0 Å². The summed E-state index contributed by atoms with van der Waals surface area (Å²) in [6, 6.07) is 17.0. The largest absolute Gasteiger partial charge is 0.427 e. The molecule has 1 N–H and O–H groups in total. The second kappa shape index (κ2) is 7.67. The second-order valence-electron chi connectivity index (χ2n) is 5.33. The number of carbonyl (C=O) groups excluding carboxylic acids is 1. The molecule has 25 heavy (non-hydrogen) atoms. The van der Waals surface area contributed by atoms with Gasteiger partial charge in [0.05, 0.1) is 6.21 Å². The van der Waals surface area contributed by atoms with Gasteiger partial charge in [0.15, 0.2) is 5.82 Å². The molecule has 6 nitrogen and oxygen atoms in total. The number of nitrogens with zero attached hydrogens (tertiary/aromatic N) is 3. The van der Waals surface area contributed by atoms with E-state index in [1.807, 2.05) is 42.5 Å². The molecule has 0 bridgehead atoms. The topological polar surface area (TPSA) is 72.3 Å². The lowest BCUT2D eigenvalue weighted by Crippen LogP contribution is -2.01. The fourth-order valence-corrected chi connectivity index (χ4v) is 2.45. The third-order valence-electron chi connectivity index (χ3n) is 3.39. The third-order valence-corrected chi connectivity index (χ3v) is 3.65. The van der Waals surface area contributed by atoms with Gasteiger partial charge in [-0.15, -0.1) is 0 Å². The molecule has 0 aliphatic carbocycles. The zero-order valence-corrected chi connectivity index (χ0v) is 14.4. The maximum atomic E-state index is 10.9. The van der Waals surface area contributed by atoms with Crippen LogP contribution in [0, 0.1) is 4.77 Å². The number of hydrogen-bond acceptors (Lipinski definition) is 5. The predicted molar refractivity (Wildman–Crippen MR) is 97.4 cm³/mol. The fraction of sp³-hybridized carbons (Fsp3) is 0.111. The van der Waals surface area contributed by atoms with Crippen LogP contribution in [0.4, 0.5) is 0 Å². The van der Waals surface area contributed by atoms with Gasteiger partial charge in [0, 0.05) is 13.3 Å². The van der Waals surface area contributed by atoms with Crippen LogP contribution in [0.2, 0.25) is 0 Å². The van der Waals surface area contributed by atoms with Crippen LogP contribution in [-0.4, -0.2) is 27.1 Å². The van der Waals surface area contributed by atoms with E-state index in [-0.39, 0.29) is 5.97 Å². The Bertz CT molecular complexity index is 943. The van der Waals surface area contributed by atoms with Gasteiger partial charge >= 0.3 is 5.97 Å². The molecular formula is C18H16N4O2S. The quantitative estimate of drug-likeness (QED) is 0.331. The van der Waals surface area contributed by atoms with Crippen molar-refractivity contribution in [3.05, 3.63) is 76.3 Å². The van der Waals surface area contributed by atoms with Crippen LogP contribution < -0.4 is 4.74 Å². The summed E-state index contributed by atoms with van der Waals surface area (Å²) in [6.45, 7) is 1.37. The monoisotopic (exact) mass is 352 g/mol. The van der Waals surface area contributed by atoms with E-state index >= 15 is 0 Å². The fourth-order valence-electron chi connectivity index (χ4n) is 2.25. The summed E-state index contributed by atoms with van der Waals surface area (Å²) in [5.41, 5.74) is 1.98. The molecule has 0 fully saturated rings. The van der Waals surface area contributed by atoms with Crippen LogP contribution in [0.15, 0.2) is 59.7 Å². The third kappa shape index (κ3) is 4.48. The lowest BCUT2D eigenvalue weighted by Gasteiger charge is -2.02. The zero-order valence-electron chi connectivity index (χ0n) is 13.5. The highest BCUT2D eigenvalue weighted by Gasteiger charge is 2.06. The maximum absolute atomic E-state index is 10.9.